The zero-order valence-electron chi connectivity index (χ0n) is 21.9. The Kier molecular flexibility index (Phi) is 8.59. The van der Waals surface area contributed by atoms with Crippen LogP contribution in [0.5, 0.6) is 0 Å². The number of amides is 4. The summed E-state index contributed by atoms with van der Waals surface area (Å²) in [5, 5.41) is 5.60. The highest BCUT2D eigenvalue weighted by atomic mass is 19.2. The topological polar surface area (TPSA) is 91.0 Å². The van der Waals surface area contributed by atoms with Crippen LogP contribution >= 0.6 is 0 Å². The second kappa shape index (κ2) is 11.1. The molecule has 1 aromatic rings. The van der Waals surface area contributed by atoms with Crippen molar-refractivity contribution in [3.8, 4) is 0 Å². The molecule has 0 saturated carbocycles. The Bertz CT molecular complexity index is 983. The van der Waals surface area contributed by atoms with E-state index in [4.69, 9.17) is 4.74 Å². The highest BCUT2D eigenvalue weighted by Crippen LogP contribution is 2.36. The van der Waals surface area contributed by atoms with Gasteiger partial charge in [0, 0.05) is 19.5 Å². The minimum absolute atomic E-state index is 0.00213. The van der Waals surface area contributed by atoms with E-state index < -0.39 is 35.2 Å². The summed E-state index contributed by atoms with van der Waals surface area (Å²) in [7, 11) is 1.55. The van der Waals surface area contributed by atoms with E-state index in [2.05, 4.69) is 10.6 Å². The van der Waals surface area contributed by atoms with E-state index in [0.29, 0.717) is 24.9 Å². The van der Waals surface area contributed by atoms with Gasteiger partial charge in [-0.3, -0.25) is 9.59 Å². The van der Waals surface area contributed by atoms with Gasteiger partial charge in [-0.1, -0.05) is 40.7 Å². The van der Waals surface area contributed by atoms with E-state index >= 15 is 0 Å². The van der Waals surface area contributed by atoms with Crippen LogP contribution in [0.2, 0.25) is 0 Å². The summed E-state index contributed by atoms with van der Waals surface area (Å²) in [6, 6.07) is 1.87. The molecule has 0 spiro atoms. The summed E-state index contributed by atoms with van der Waals surface area (Å²) in [6.45, 7) is 10.1. The van der Waals surface area contributed by atoms with Gasteiger partial charge in [-0.15, -0.1) is 0 Å². The molecule has 10 heteroatoms. The van der Waals surface area contributed by atoms with Crippen LogP contribution in [-0.4, -0.2) is 72.0 Å². The van der Waals surface area contributed by atoms with Gasteiger partial charge in [0.25, 0.3) is 0 Å². The van der Waals surface area contributed by atoms with Crippen molar-refractivity contribution in [1.29, 1.82) is 0 Å². The molecule has 36 heavy (non-hydrogen) atoms. The summed E-state index contributed by atoms with van der Waals surface area (Å²) < 4.78 is 33.1. The van der Waals surface area contributed by atoms with Gasteiger partial charge in [0.05, 0.1) is 31.3 Å². The first-order valence-electron chi connectivity index (χ1n) is 12.5. The van der Waals surface area contributed by atoms with Gasteiger partial charge in [0.2, 0.25) is 11.8 Å². The maximum absolute atomic E-state index is 13.9. The molecular weight excluding hydrogens is 470 g/mol. The largest absolute Gasteiger partial charge is 0.369 e. The van der Waals surface area contributed by atoms with E-state index in [1.807, 2.05) is 34.6 Å². The number of nitrogens with zero attached hydrogens (tertiary/aromatic N) is 2. The molecule has 2 N–H and O–H groups in total. The summed E-state index contributed by atoms with van der Waals surface area (Å²) in [5.41, 5.74) is -0.0903. The first-order chi connectivity index (χ1) is 16.9. The maximum Gasteiger partial charge on any atom is 0.317 e. The van der Waals surface area contributed by atoms with Crippen LogP contribution in [0.3, 0.4) is 0 Å². The fourth-order valence-electron chi connectivity index (χ4n) is 4.93. The Morgan fingerprint density at radius 3 is 2.44 bits per heavy atom. The number of carbonyl (C=O) groups is 3. The predicted molar refractivity (Wildman–Crippen MR) is 131 cm³/mol. The number of nitrogens with one attached hydrogen (secondary N) is 2. The molecule has 200 valence electrons. The summed E-state index contributed by atoms with van der Waals surface area (Å²) in [6.07, 6.45) is 0.704. The third-order valence-electron chi connectivity index (χ3n) is 7.24. The predicted octanol–water partition coefficient (Wildman–Crippen LogP) is 3.05. The lowest BCUT2D eigenvalue weighted by Gasteiger charge is -2.37. The van der Waals surface area contributed by atoms with Crippen molar-refractivity contribution in [2.75, 3.05) is 20.1 Å². The molecule has 2 aliphatic heterocycles. The average Bonchev–Trinajstić information content (AvgIpc) is 3.42. The number of hydrogen-bond donors (Lipinski definition) is 2. The van der Waals surface area contributed by atoms with Gasteiger partial charge in [-0.05, 0) is 36.0 Å². The third-order valence-corrected chi connectivity index (χ3v) is 7.24. The van der Waals surface area contributed by atoms with Crippen molar-refractivity contribution < 1.29 is 27.9 Å². The standard InChI is InChI=1S/C26H38F2N4O4/c1-7-15(2)23(33)30-22(26(3,4)5)24(34)31-11-10-19-21(31)20(13-32(19)25(35)29-6)36-14-16-8-9-17(27)18(28)12-16/h8-9,12,15,19-22H,7,10-11,13-14H2,1-6H3,(H,29,35)(H,30,33)/t15-,19-,20+,21+,22-/m1/s1. The Hall–Kier alpha value is -2.75. The van der Waals surface area contributed by atoms with Crippen LogP contribution in [0.1, 0.15) is 53.0 Å². The molecular formula is C26H38F2N4O4. The van der Waals surface area contributed by atoms with Crippen LogP contribution in [0.25, 0.3) is 0 Å². The van der Waals surface area contributed by atoms with Crippen molar-refractivity contribution in [2.45, 2.75) is 78.3 Å². The number of likely N-dealkylation sites (tertiary alicyclic amines) is 2. The average molecular weight is 509 g/mol. The van der Waals surface area contributed by atoms with Crippen LogP contribution in [0.4, 0.5) is 13.6 Å². The molecule has 4 amide bonds. The molecule has 0 aliphatic carbocycles. The fourth-order valence-corrected chi connectivity index (χ4v) is 4.93. The molecule has 3 rings (SSSR count). The van der Waals surface area contributed by atoms with Crippen molar-refractivity contribution in [2.24, 2.45) is 11.3 Å². The maximum atomic E-state index is 13.9. The van der Waals surface area contributed by atoms with E-state index in [0.717, 1.165) is 12.1 Å². The molecule has 0 aromatic heterocycles. The lowest BCUT2D eigenvalue weighted by molar-refractivity contribution is -0.143. The van der Waals surface area contributed by atoms with Gasteiger partial charge in [0.1, 0.15) is 6.04 Å². The molecule has 2 aliphatic rings. The fraction of sp³-hybridized carbons (Fsp3) is 0.654. The smallest absolute Gasteiger partial charge is 0.317 e. The second-order valence-corrected chi connectivity index (χ2v) is 10.8. The Morgan fingerprint density at radius 2 is 1.86 bits per heavy atom. The monoisotopic (exact) mass is 508 g/mol. The highest BCUT2D eigenvalue weighted by Gasteiger charge is 2.54. The molecule has 5 atom stereocenters. The quantitative estimate of drug-likeness (QED) is 0.592. The van der Waals surface area contributed by atoms with Crippen molar-refractivity contribution in [3.05, 3.63) is 35.4 Å². The molecule has 1 aromatic carbocycles. The van der Waals surface area contributed by atoms with Crippen molar-refractivity contribution >= 4 is 17.8 Å². The SMILES string of the molecule is CC[C@@H](C)C(=O)N[C@H](C(=O)N1CC[C@@H]2[C@H]1[C@@H](OCc1ccc(F)c(F)c1)CN2C(=O)NC)C(C)(C)C. The van der Waals surface area contributed by atoms with Crippen LogP contribution < -0.4 is 10.6 Å². The van der Waals surface area contributed by atoms with E-state index in [1.54, 1.807) is 16.8 Å². The number of carbonyl (C=O) groups excluding carboxylic acids is 3. The van der Waals surface area contributed by atoms with Gasteiger partial charge in [-0.25, -0.2) is 13.6 Å². The van der Waals surface area contributed by atoms with Crippen molar-refractivity contribution in [1.82, 2.24) is 20.4 Å². The number of ether oxygens (including phenoxy) is 1. The number of rotatable bonds is 7. The van der Waals surface area contributed by atoms with E-state index in [1.165, 1.54) is 6.07 Å². The Labute approximate surface area is 211 Å². The van der Waals surface area contributed by atoms with Crippen LogP contribution in [-0.2, 0) is 20.9 Å². The molecule has 8 nitrogen and oxygen atoms in total. The summed E-state index contributed by atoms with van der Waals surface area (Å²) >= 11 is 0. The molecule has 0 radical (unpaired) electrons. The normalized spacial score (nSPS) is 23.3. The minimum atomic E-state index is -0.963. The molecule has 2 fully saturated rings. The van der Waals surface area contributed by atoms with Gasteiger partial charge in [0.15, 0.2) is 11.6 Å². The first kappa shape index (κ1) is 27.8. The van der Waals surface area contributed by atoms with Gasteiger partial charge >= 0.3 is 6.03 Å². The molecule has 2 saturated heterocycles. The van der Waals surface area contributed by atoms with Gasteiger partial charge < -0.3 is 25.2 Å². The zero-order chi connectivity index (χ0) is 26.8. The number of halogens is 2. The van der Waals surface area contributed by atoms with Crippen LogP contribution in [0.15, 0.2) is 18.2 Å². The number of fused-ring (bicyclic) bond motifs is 1. The second-order valence-electron chi connectivity index (χ2n) is 10.8. The molecule has 0 unspecified atom stereocenters. The summed E-state index contributed by atoms with van der Waals surface area (Å²) in [4.78, 5) is 42.6. The Balaban J connectivity index is 1.85. The lowest BCUT2D eigenvalue weighted by atomic mass is 9.85. The Morgan fingerprint density at radius 1 is 1.17 bits per heavy atom. The molecule has 0 bridgehead atoms. The van der Waals surface area contributed by atoms with E-state index in [9.17, 15) is 23.2 Å². The lowest BCUT2D eigenvalue weighted by Crippen LogP contribution is -2.58. The minimum Gasteiger partial charge on any atom is -0.369 e. The van der Waals surface area contributed by atoms with Gasteiger partial charge in [-0.2, -0.15) is 0 Å². The van der Waals surface area contributed by atoms with Crippen molar-refractivity contribution in [3.63, 3.8) is 0 Å². The summed E-state index contributed by atoms with van der Waals surface area (Å²) in [5.74, 6) is -2.52. The number of hydrogen-bond acceptors (Lipinski definition) is 4. The highest BCUT2D eigenvalue weighted by molar-refractivity contribution is 5.89. The number of benzene rings is 1. The molecule has 2 heterocycles. The number of urea groups is 1. The third kappa shape index (κ3) is 5.79. The zero-order valence-corrected chi connectivity index (χ0v) is 21.9. The van der Waals surface area contributed by atoms with Crippen LogP contribution in [0, 0.1) is 23.0 Å². The first-order valence-corrected chi connectivity index (χ1v) is 12.5. The van der Waals surface area contributed by atoms with E-state index in [-0.39, 0.29) is 43.0 Å².